The van der Waals surface area contributed by atoms with Crippen LogP contribution in [0.5, 0.6) is 0 Å². The summed E-state index contributed by atoms with van der Waals surface area (Å²) in [5, 5.41) is 11.6. The van der Waals surface area contributed by atoms with Crippen LogP contribution in [0.15, 0.2) is 6.20 Å². The van der Waals surface area contributed by atoms with Gasteiger partial charge in [0.05, 0.1) is 18.8 Å². The molecular weight excluding hydrogens is 230 g/mol. The third kappa shape index (κ3) is 6.09. The summed E-state index contributed by atoms with van der Waals surface area (Å²) >= 11 is 0. The van der Waals surface area contributed by atoms with Gasteiger partial charge in [-0.05, 0) is 7.05 Å². The molecule has 0 fully saturated rings. The number of hydrogen-bond acceptors (Lipinski definition) is 5. The molecule has 0 saturated carbocycles. The Morgan fingerprint density at radius 2 is 2.22 bits per heavy atom. The average molecular weight is 255 g/mol. The Morgan fingerprint density at radius 3 is 2.89 bits per heavy atom. The van der Waals surface area contributed by atoms with Gasteiger partial charge in [0.25, 0.3) is 0 Å². The smallest absolute Gasteiger partial charge is 0.0964 e. The number of likely N-dealkylation sites (N-methyl/N-ethyl adjacent to an activating group) is 1. The van der Waals surface area contributed by atoms with Crippen LogP contribution in [0, 0.1) is 0 Å². The van der Waals surface area contributed by atoms with Crippen molar-refractivity contribution in [2.75, 3.05) is 33.9 Å². The van der Waals surface area contributed by atoms with Gasteiger partial charge in [-0.15, -0.1) is 5.10 Å². The largest absolute Gasteiger partial charge is 0.383 e. The van der Waals surface area contributed by atoms with Gasteiger partial charge in [-0.25, -0.2) is 0 Å². The Balaban J connectivity index is 2.26. The molecule has 104 valence electrons. The summed E-state index contributed by atoms with van der Waals surface area (Å²) in [7, 11) is 3.80. The predicted molar refractivity (Wildman–Crippen MR) is 71.4 cm³/mol. The van der Waals surface area contributed by atoms with Crippen LogP contribution in [-0.2, 0) is 17.8 Å². The van der Waals surface area contributed by atoms with E-state index in [0.717, 1.165) is 38.5 Å². The fourth-order valence-corrected chi connectivity index (χ4v) is 1.47. The van der Waals surface area contributed by atoms with Crippen molar-refractivity contribution in [1.29, 1.82) is 0 Å². The lowest BCUT2D eigenvalue weighted by Gasteiger charge is -2.15. The maximum absolute atomic E-state index is 5.04. The molecule has 0 aliphatic heterocycles. The number of rotatable bonds is 9. The second kappa shape index (κ2) is 8.18. The van der Waals surface area contributed by atoms with Crippen LogP contribution in [0.1, 0.15) is 19.5 Å². The Hall–Kier alpha value is -0.980. The van der Waals surface area contributed by atoms with Gasteiger partial charge in [-0.2, -0.15) is 0 Å². The highest BCUT2D eigenvalue weighted by molar-refractivity contribution is 4.91. The number of methoxy groups -OCH3 is 1. The molecule has 0 spiro atoms. The van der Waals surface area contributed by atoms with E-state index in [2.05, 4.69) is 41.4 Å². The number of nitrogens with one attached hydrogen (secondary N) is 1. The molecule has 0 aliphatic rings. The van der Waals surface area contributed by atoms with Crippen LogP contribution in [0.25, 0.3) is 0 Å². The van der Waals surface area contributed by atoms with Crippen molar-refractivity contribution in [3.63, 3.8) is 0 Å². The minimum absolute atomic E-state index is 0.468. The topological polar surface area (TPSA) is 55.2 Å². The second-order valence-corrected chi connectivity index (χ2v) is 4.80. The van der Waals surface area contributed by atoms with Gasteiger partial charge in [-0.3, -0.25) is 4.68 Å². The minimum Gasteiger partial charge on any atom is -0.383 e. The second-order valence-electron chi connectivity index (χ2n) is 4.80. The van der Waals surface area contributed by atoms with Crippen LogP contribution in [0.2, 0.25) is 0 Å². The number of nitrogens with zero attached hydrogens (tertiary/aromatic N) is 4. The summed E-state index contributed by atoms with van der Waals surface area (Å²) in [5.41, 5.74) is 0.989. The molecule has 6 heteroatoms. The van der Waals surface area contributed by atoms with Crippen molar-refractivity contribution < 1.29 is 4.74 Å². The van der Waals surface area contributed by atoms with Crippen LogP contribution in [0.4, 0.5) is 0 Å². The third-order valence-electron chi connectivity index (χ3n) is 2.67. The van der Waals surface area contributed by atoms with Gasteiger partial charge >= 0.3 is 0 Å². The molecule has 0 radical (unpaired) electrons. The molecule has 1 rings (SSSR count). The van der Waals surface area contributed by atoms with Gasteiger partial charge in [0, 0.05) is 39.0 Å². The van der Waals surface area contributed by atoms with E-state index >= 15 is 0 Å². The zero-order valence-electron chi connectivity index (χ0n) is 11.9. The molecule has 0 saturated heterocycles. The molecule has 0 aromatic carbocycles. The molecule has 0 unspecified atom stereocenters. The summed E-state index contributed by atoms with van der Waals surface area (Å²) in [5.74, 6) is 0. The standard InChI is InChI=1S/C12H25N5O/c1-11(2)13-9-12-10-17(15-14-12)6-5-16(3)7-8-18-4/h10-11,13H,5-9H2,1-4H3. The first-order valence-corrected chi connectivity index (χ1v) is 6.41. The van der Waals surface area contributed by atoms with Crippen LogP contribution in [-0.4, -0.2) is 59.8 Å². The molecule has 0 aliphatic carbocycles. The molecule has 1 heterocycles. The van der Waals surface area contributed by atoms with Crippen molar-refractivity contribution in [3.8, 4) is 0 Å². The lowest BCUT2D eigenvalue weighted by molar-refractivity contribution is 0.158. The molecule has 1 N–H and O–H groups in total. The minimum atomic E-state index is 0.468. The number of hydrogen-bond donors (Lipinski definition) is 1. The quantitative estimate of drug-likeness (QED) is 0.690. The first-order valence-electron chi connectivity index (χ1n) is 6.41. The third-order valence-corrected chi connectivity index (χ3v) is 2.67. The fraction of sp³-hybridized carbons (Fsp3) is 0.833. The Kier molecular flexibility index (Phi) is 6.85. The Morgan fingerprint density at radius 1 is 1.44 bits per heavy atom. The first-order chi connectivity index (χ1) is 8.61. The zero-order chi connectivity index (χ0) is 13.4. The van der Waals surface area contributed by atoms with E-state index in [9.17, 15) is 0 Å². The summed E-state index contributed by atoms with van der Waals surface area (Å²) in [6.45, 7) is 8.52. The predicted octanol–water partition coefficient (Wildman–Crippen LogP) is 0.354. The maximum atomic E-state index is 5.04. The molecule has 1 aromatic heterocycles. The SMILES string of the molecule is COCCN(C)CCn1cc(CNC(C)C)nn1. The summed E-state index contributed by atoms with van der Waals surface area (Å²) in [6, 6.07) is 0.468. The van der Waals surface area contributed by atoms with Crippen molar-refractivity contribution >= 4 is 0 Å². The molecular formula is C12H25N5O. The molecule has 0 bridgehead atoms. The lowest BCUT2D eigenvalue weighted by atomic mass is 10.3. The average Bonchev–Trinajstić information content (AvgIpc) is 2.79. The van der Waals surface area contributed by atoms with E-state index in [-0.39, 0.29) is 0 Å². The number of ether oxygens (including phenoxy) is 1. The maximum Gasteiger partial charge on any atom is 0.0964 e. The van der Waals surface area contributed by atoms with Crippen molar-refractivity contribution in [3.05, 3.63) is 11.9 Å². The van der Waals surface area contributed by atoms with E-state index in [1.54, 1.807) is 7.11 Å². The van der Waals surface area contributed by atoms with Gasteiger partial charge in [-0.1, -0.05) is 19.1 Å². The first kappa shape index (κ1) is 15.1. The van der Waals surface area contributed by atoms with Crippen LogP contribution >= 0.6 is 0 Å². The van der Waals surface area contributed by atoms with Crippen LogP contribution in [0.3, 0.4) is 0 Å². The van der Waals surface area contributed by atoms with E-state index < -0.39 is 0 Å². The summed E-state index contributed by atoms with van der Waals surface area (Å²) < 4.78 is 6.93. The highest BCUT2D eigenvalue weighted by atomic mass is 16.5. The lowest BCUT2D eigenvalue weighted by Crippen LogP contribution is -2.26. The summed E-state index contributed by atoms with van der Waals surface area (Å²) in [6.07, 6.45) is 2.00. The van der Waals surface area contributed by atoms with E-state index in [1.807, 2.05) is 10.9 Å². The van der Waals surface area contributed by atoms with Gasteiger partial charge in [0.2, 0.25) is 0 Å². The fourth-order valence-electron chi connectivity index (χ4n) is 1.47. The van der Waals surface area contributed by atoms with E-state index in [4.69, 9.17) is 4.74 Å². The monoisotopic (exact) mass is 255 g/mol. The van der Waals surface area contributed by atoms with Crippen molar-refractivity contribution in [2.45, 2.75) is 33.0 Å². The number of aromatic nitrogens is 3. The molecule has 6 nitrogen and oxygen atoms in total. The summed E-state index contributed by atoms with van der Waals surface area (Å²) in [4.78, 5) is 2.22. The van der Waals surface area contributed by atoms with Crippen molar-refractivity contribution in [1.82, 2.24) is 25.2 Å². The molecule has 0 atom stereocenters. The molecule has 1 aromatic rings. The Bertz CT molecular complexity index is 326. The Labute approximate surface area is 109 Å². The zero-order valence-corrected chi connectivity index (χ0v) is 11.9. The molecule has 18 heavy (non-hydrogen) atoms. The van der Waals surface area contributed by atoms with Crippen molar-refractivity contribution in [2.24, 2.45) is 0 Å². The van der Waals surface area contributed by atoms with Crippen LogP contribution < -0.4 is 5.32 Å². The normalized spacial score (nSPS) is 11.7. The van der Waals surface area contributed by atoms with Gasteiger partial charge in [0.15, 0.2) is 0 Å². The van der Waals surface area contributed by atoms with E-state index in [1.165, 1.54) is 0 Å². The van der Waals surface area contributed by atoms with Gasteiger partial charge in [0.1, 0.15) is 0 Å². The van der Waals surface area contributed by atoms with E-state index in [0.29, 0.717) is 6.04 Å². The highest BCUT2D eigenvalue weighted by Crippen LogP contribution is 1.94. The van der Waals surface area contributed by atoms with Gasteiger partial charge < -0.3 is 15.0 Å². The molecule has 0 amide bonds. The highest BCUT2D eigenvalue weighted by Gasteiger charge is 2.03.